The first-order valence-electron chi connectivity index (χ1n) is 23.0. The summed E-state index contributed by atoms with van der Waals surface area (Å²) in [7, 11) is 1.70. The van der Waals surface area contributed by atoms with Crippen molar-refractivity contribution in [3.05, 3.63) is 76.5 Å². The van der Waals surface area contributed by atoms with Gasteiger partial charge in [0, 0.05) is 108 Å². The van der Waals surface area contributed by atoms with Crippen LogP contribution in [0.15, 0.2) is 59.7 Å². The van der Waals surface area contributed by atoms with Gasteiger partial charge >= 0.3 is 11.9 Å². The average molecular weight is 904 g/mol. The molecule has 2 aromatic carbocycles. The summed E-state index contributed by atoms with van der Waals surface area (Å²) in [5, 5.41) is 16.1. The van der Waals surface area contributed by atoms with Gasteiger partial charge in [-0.25, -0.2) is 9.78 Å². The van der Waals surface area contributed by atoms with Crippen molar-refractivity contribution in [2.24, 2.45) is 7.05 Å². The Balaban J connectivity index is 0.721. The van der Waals surface area contributed by atoms with Gasteiger partial charge in [0.15, 0.2) is 0 Å². The largest absolute Gasteiger partial charge is 0.393 e. The molecule has 0 spiro atoms. The number of aliphatic hydroxyl groups is 1. The van der Waals surface area contributed by atoms with Crippen molar-refractivity contribution in [3.63, 3.8) is 0 Å². The number of nitrogens with one attached hydrogen (secondary N) is 2. The maximum absolute atomic E-state index is 13.0. The van der Waals surface area contributed by atoms with E-state index in [2.05, 4.69) is 65.4 Å². The third kappa shape index (κ3) is 11.6. The summed E-state index contributed by atoms with van der Waals surface area (Å²) >= 11 is 0. The Morgan fingerprint density at radius 2 is 1.57 bits per heavy atom. The number of carbonyl (C=O) groups excluding carboxylic acids is 2. The van der Waals surface area contributed by atoms with Gasteiger partial charge in [-0.1, -0.05) is 30.3 Å². The lowest BCUT2D eigenvalue weighted by molar-refractivity contribution is -0.136. The molecule has 3 aromatic heterocycles. The molecule has 5 heterocycles. The van der Waals surface area contributed by atoms with Crippen LogP contribution < -0.4 is 16.3 Å². The zero-order valence-corrected chi connectivity index (χ0v) is 37.0. The number of carbonyl (C=O) groups is 2. The molecular weight excluding hydrogens is 844 g/mol. The number of nitrogens with zero attached hydrogens (tertiary/aromatic N) is 7. The van der Waals surface area contributed by atoms with Gasteiger partial charge in [-0.05, 0) is 80.2 Å². The number of anilines is 1. The van der Waals surface area contributed by atoms with Crippen LogP contribution in [0, 0.1) is 0 Å². The van der Waals surface area contributed by atoms with Gasteiger partial charge in [0.25, 0.3) is 0 Å². The van der Waals surface area contributed by atoms with Crippen molar-refractivity contribution in [1.82, 2.24) is 38.8 Å². The highest BCUT2D eigenvalue weighted by Gasteiger charge is 2.32. The molecule has 350 valence electrons. The van der Waals surface area contributed by atoms with Crippen molar-refractivity contribution in [2.75, 3.05) is 71.0 Å². The van der Waals surface area contributed by atoms with Crippen molar-refractivity contribution < 1.29 is 37.3 Å². The molecule has 0 radical (unpaired) electrons. The molecule has 3 N–H and O–H groups in total. The molecule has 2 aliphatic heterocycles. The maximum atomic E-state index is 13.0. The van der Waals surface area contributed by atoms with Gasteiger partial charge in [-0.3, -0.25) is 33.8 Å². The van der Waals surface area contributed by atoms with Crippen LogP contribution in [-0.2, 0) is 39.1 Å². The lowest BCUT2D eigenvalue weighted by Crippen LogP contribution is -2.46. The molecule has 0 unspecified atom stereocenters. The molecule has 1 atom stereocenters. The predicted molar refractivity (Wildman–Crippen MR) is 241 cm³/mol. The number of fused-ring (bicyclic) bond motifs is 2. The number of ether oxygens (including phenoxy) is 2. The first-order chi connectivity index (χ1) is 31.4. The molecule has 3 aliphatic rings. The topological polar surface area (TPSA) is 161 Å². The summed E-state index contributed by atoms with van der Waals surface area (Å²) in [5.74, 6) is -0.575. The number of piperazine rings is 1. The van der Waals surface area contributed by atoms with Crippen LogP contribution in [0.1, 0.15) is 81.0 Å². The van der Waals surface area contributed by atoms with E-state index in [0.29, 0.717) is 56.9 Å². The third-order valence-corrected chi connectivity index (χ3v) is 13.0. The van der Waals surface area contributed by atoms with E-state index in [1.807, 2.05) is 18.2 Å². The van der Waals surface area contributed by atoms with Crippen molar-refractivity contribution in [2.45, 2.75) is 95.1 Å². The Morgan fingerprint density at radius 1 is 0.862 bits per heavy atom. The minimum Gasteiger partial charge on any atom is -0.393 e. The monoisotopic (exact) mass is 903 g/mol. The molecule has 3 fully saturated rings. The lowest BCUT2D eigenvalue weighted by Gasteiger charge is -2.34. The van der Waals surface area contributed by atoms with E-state index in [1.165, 1.54) is 10.1 Å². The molecule has 65 heavy (non-hydrogen) atoms. The Bertz CT molecular complexity index is 2470. The minimum absolute atomic E-state index is 0.133. The molecule has 0 bridgehead atoms. The number of piperidine rings is 1. The van der Waals surface area contributed by atoms with Crippen LogP contribution in [0.4, 0.5) is 19.1 Å². The van der Waals surface area contributed by atoms with Gasteiger partial charge in [0.1, 0.15) is 11.7 Å². The molecule has 18 heteroatoms. The van der Waals surface area contributed by atoms with E-state index < -0.39 is 24.5 Å². The Morgan fingerprint density at radius 3 is 2.31 bits per heavy atom. The second-order valence-corrected chi connectivity index (χ2v) is 17.6. The number of hydrogen-bond acceptors (Lipinski definition) is 11. The molecule has 2 saturated heterocycles. The van der Waals surface area contributed by atoms with Gasteiger partial charge in [0.2, 0.25) is 17.8 Å². The second-order valence-electron chi connectivity index (χ2n) is 17.6. The van der Waals surface area contributed by atoms with Crippen LogP contribution in [0.3, 0.4) is 0 Å². The fourth-order valence-electron chi connectivity index (χ4n) is 9.33. The molecule has 2 amide bonds. The molecular formula is C47H60F3N9O6. The quantitative estimate of drug-likeness (QED) is 0.0685. The number of imidazole rings is 1. The normalized spacial score (nSPS) is 20.2. The van der Waals surface area contributed by atoms with E-state index in [0.717, 1.165) is 99.0 Å². The van der Waals surface area contributed by atoms with Crippen LogP contribution >= 0.6 is 0 Å². The molecule has 1 aliphatic carbocycles. The van der Waals surface area contributed by atoms with E-state index >= 15 is 0 Å². The fourth-order valence-corrected chi connectivity index (χ4v) is 9.33. The van der Waals surface area contributed by atoms with Crippen LogP contribution in [0.25, 0.3) is 33.2 Å². The smallest absolute Gasteiger partial charge is 0.390 e. The number of aryl methyl sites for hydroxylation is 2. The first-order valence-corrected chi connectivity index (χ1v) is 23.0. The maximum Gasteiger partial charge on any atom is 0.390 e. The number of rotatable bonds is 19. The highest BCUT2D eigenvalue weighted by atomic mass is 19.4. The Labute approximate surface area is 375 Å². The average Bonchev–Trinajstić information content (AvgIpc) is 3.78. The van der Waals surface area contributed by atoms with E-state index in [4.69, 9.17) is 9.47 Å². The molecule has 5 aromatic rings. The third-order valence-electron chi connectivity index (χ3n) is 13.0. The number of halogens is 3. The first kappa shape index (κ1) is 46.4. The van der Waals surface area contributed by atoms with Crippen molar-refractivity contribution in [3.8, 4) is 11.1 Å². The SMILES string of the molecule is Cn1c(=O)n([C@H]2CCC(=O)NC2=O)c2ccc(CCCOCCCOCCN3CCN(Cc4ccc(-c5cn([C@H]6CC[C@H](O)CC6)c6nc(NCCC(F)(F)F)ncc56)cc4)CC3)cc21. The van der Waals surface area contributed by atoms with Gasteiger partial charge in [-0.2, -0.15) is 18.2 Å². The zero-order chi connectivity index (χ0) is 45.5. The lowest BCUT2D eigenvalue weighted by atomic mass is 9.93. The summed E-state index contributed by atoms with van der Waals surface area (Å²) in [6, 6.07) is 13.9. The van der Waals surface area contributed by atoms with Crippen molar-refractivity contribution in [1.29, 1.82) is 0 Å². The van der Waals surface area contributed by atoms with Gasteiger partial charge in [-0.15, -0.1) is 0 Å². The summed E-state index contributed by atoms with van der Waals surface area (Å²) in [4.78, 5) is 51.1. The number of imide groups is 1. The Hall–Kier alpha value is -5.14. The van der Waals surface area contributed by atoms with E-state index in [-0.39, 0.29) is 42.7 Å². The van der Waals surface area contributed by atoms with E-state index in [1.54, 1.807) is 17.8 Å². The number of aliphatic hydroxyl groups excluding tert-OH is 1. The summed E-state index contributed by atoms with van der Waals surface area (Å²) in [6.45, 7) is 7.91. The minimum atomic E-state index is -4.26. The molecule has 1 saturated carbocycles. The van der Waals surface area contributed by atoms with Crippen molar-refractivity contribution >= 4 is 39.8 Å². The number of aromatic nitrogens is 5. The number of alkyl halides is 3. The van der Waals surface area contributed by atoms with Crippen LogP contribution in [0.2, 0.25) is 0 Å². The molecule has 8 rings (SSSR count). The Kier molecular flexibility index (Phi) is 15.0. The zero-order valence-electron chi connectivity index (χ0n) is 37.0. The van der Waals surface area contributed by atoms with E-state index in [9.17, 15) is 32.7 Å². The number of hydrogen-bond donors (Lipinski definition) is 3. The van der Waals surface area contributed by atoms with Gasteiger partial charge < -0.3 is 24.5 Å². The predicted octanol–water partition coefficient (Wildman–Crippen LogP) is 5.74. The van der Waals surface area contributed by atoms with Crippen LogP contribution in [-0.4, -0.2) is 128 Å². The van der Waals surface area contributed by atoms with Gasteiger partial charge in [0.05, 0.1) is 30.2 Å². The number of amides is 2. The summed E-state index contributed by atoms with van der Waals surface area (Å²) < 4.78 is 55.3. The standard InChI is InChI=1S/C47H60F3N9O6/c1-55-41-28-32(7-14-39(41)59(46(55)63)40-15-16-42(61)53-44(40)62)4-2-24-64-25-3-26-65-27-23-56-19-21-57(22-20-56)30-33-5-8-34(9-6-33)38-31-58(35-10-12-36(60)13-11-35)43-37(38)29-52-45(54-43)51-18-17-47(48,49)50/h5-9,14,28-29,31,35-36,40,60H,2-4,10-13,15-27,30H2,1H3,(H,51,52,54)(H,53,61,62)/t35-,36-,40-/m0/s1. The highest BCUT2D eigenvalue weighted by Crippen LogP contribution is 2.37. The second kappa shape index (κ2) is 21.0. The fraction of sp³-hybridized carbons (Fsp3) is 0.553. The summed E-state index contributed by atoms with van der Waals surface area (Å²) in [6.07, 6.45) is 4.20. The highest BCUT2D eigenvalue weighted by molar-refractivity contribution is 6.00. The molecule has 15 nitrogen and oxygen atoms in total. The summed E-state index contributed by atoms with van der Waals surface area (Å²) in [5.41, 5.74) is 6.16. The number of benzene rings is 2. The van der Waals surface area contributed by atoms with Crippen LogP contribution in [0.5, 0.6) is 0 Å².